The number of carbonyl (C=O) groups excluding carboxylic acids is 1. The zero-order valence-corrected chi connectivity index (χ0v) is 9.85. The summed E-state index contributed by atoms with van der Waals surface area (Å²) in [5.74, 6) is -0.354. The molecule has 94 valence electrons. The van der Waals surface area contributed by atoms with Gasteiger partial charge in [0.05, 0.1) is 6.20 Å². The van der Waals surface area contributed by atoms with Gasteiger partial charge in [0.15, 0.2) is 0 Å². The maximum absolute atomic E-state index is 13.0. The van der Waals surface area contributed by atoms with Gasteiger partial charge >= 0.3 is 0 Å². The average Bonchev–Trinajstić information content (AvgIpc) is 2.74. The van der Waals surface area contributed by atoms with Gasteiger partial charge in [0.1, 0.15) is 17.2 Å². The topological polar surface area (TPSA) is 75.0 Å². The van der Waals surface area contributed by atoms with Crippen molar-refractivity contribution in [3.63, 3.8) is 0 Å². The zero-order valence-electron chi connectivity index (χ0n) is 9.85. The van der Waals surface area contributed by atoms with E-state index in [9.17, 15) is 9.18 Å². The van der Waals surface area contributed by atoms with Gasteiger partial charge < -0.3 is 10.6 Å². The number of nitrogens with zero attached hydrogens (tertiary/aromatic N) is 2. The smallest absolute Gasteiger partial charge is 0.259 e. The number of hydrogen-bond donors (Lipinski definition) is 2. The summed E-state index contributed by atoms with van der Waals surface area (Å²) in [6, 6.07) is 6.11. The molecule has 0 saturated carbocycles. The van der Waals surface area contributed by atoms with Gasteiger partial charge in [-0.2, -0.15) is 5.10 Å². The van der Waals surface area contributed by atoms with Gasteiger partial charge in [-0.1, -0.05) is 12.1 Å². The molecule has 1 aromatic carbocycles. The van der Waals surface area contributed by atoms with Crippen LogP contribution in [0, 0.1) is 5.82 Å². The van der Waals surface area contributed by atoms with Crippen molar-refractivity contribution in [2.75, 3.05) is 12.8 Å². The van der Waals surface area contributed by atoms with E-state index in [-0.39, 0.29) is 17.5 Å². The third kappa shape index (κ3) is 2.48. The summed E-state index contributed by atoms with van der Waals surface area (Å²) in [7, 11) is 1.62. The van der Waals surface area contributed by atoms with Crippen LogP contribution >= 0.6 is 0 Å². The number of hydrogen-bond acceptors (Lipinski definition) is 3. The Morgan fingerprint density at radius 1 is 1.56 bits per heavy atom. The minimum absolute atomic E-state index is 0.228. The average molecular weight is 248 g/mol. The molecule has 0 aliphatic rings. The number of nitrogens with two attached hydrogens (primary N) is 1. The lowest BCUT2D eigenvalue weighted by Gasteiger charge is -2.16. The van der Waals surface area contributed by atoms with Crippen LogP contribution in [-0.4, -0.2) is 28.1 Å². The molecule has 0 radical (unpaired) electrons. The van der Waals surface area contributed by atoms with Gasteiger partial charge in [-0.05, 0) is 17.7 Å². The number of aromatic amines is 1. The number of aromatic nitrogens is 2. The summed E-state index contributed by atoms with van der Waals surface area (Å²) in [4.78, 5) is 13.5. The highest BCUT2D eigenvalue weighted by Crippen LogP contribution is 2.12. The van der Waals surface area contributed by atoms with Crippen molar-refractivity contribution in [3.05, 3.63) is 47.4 Å². The Bertz CT molecular complexity index is 567. The molecule has 0 bridgehead atoms. The lowest BCUT2D eigenvalue weighted by atomic mass is 10.2. The summed E-state index contributed by atoms with van der Waals surface area (Å²) in [6.07, 6.45) is 1.37. The highest BCUT2D eigenvalue weighted by atomic mass is 19.1. The predicted octanol–water partition coefficient (Wildman–Crippen LogP) is 1.40. The van der Waals surface area contributed by atoms with Gasteiger partial charge in [-0.3, -0.25) is 9.89 Å². The highest BCUT2D eigenvalue weighted by molar-refractivity contribution is 5.97. The molecule has 0 saturated heterocycles. The van der Waals surface area contributed by atoms with Crippen molar-refractivity contribution in [3.8, 4) is 0 Å². The second kappa shape index (κ2) is 4.87. The molecular weight excluding hydrogens is 235 g/mol. The molecule has 5 nitrogen and oxygen atoms in total. The minimum Gasteiger partial charge on any atom is -0.383 e. The van der Waals surface area contributed by atoms with Crippen LogP contribution in [0.25, 0.3) is 0 Å². The zero-order chi connectivity index (χ0) is 13.1. The number of amides is 1. The predicted molar refractivity (Wildman–Crippen MR) is 65.2 cm³/mol. The van der Waals surface area contributed by atoms with E-state index in [1.165, 1.54) is 23.2 Å². The molecular formula is C12H13FN4O. The fourth-order valence-corrected chi connectivity index (χ4v) is 1.65. The Morgan fingerprint density at radius 2 is 2.33 bits per heavy atom. The number of H-pyrrole nitrogens is 1. The molecule has 2 rings (SSSR count). The summed E-state index contributed by atoms with van der Waals surface area (Å²) in [6.45, 7) is 0.307. The molecule has 18 heavy (non-hydrogen) atoms. The first-order valence-electron chi connectivity index (χ1n) is 5.36. The maximum Gasteiger partial charge on any atom is 0.259 e. The molecule has 0 spiro atoms. The van der Waals surface area contributed by atoms with Crippen LogP contribution in [0.5, 0.6) is 0 Å². The Hall–Kier alpha value is -2.37. The number of rotatable bonds is 3. The Labute approximate surface area is 103 Å². The van der Waals surface area contributed by atoms with Crippen molar-refractivity contribution in [2.45, 2.75) is 6.54 Å². The molecule has 6 heteroatoms. The first-order valence-corrected chi connectivity index (χ1v) is 5.36. The number of benzene rings is 1. The van der Waals surface area contributed by atoms with Crippen LogP contribution < -0.4 is 5.73 Å². The van der Waals surface area contributed by atoms with Crippen LogP contribution in [0.3, 0.4) is 0 Å². The number of halogens is 1. The molecule has 0 fully saturated rings. The fourth-order valence-electron chi connectivity index (χ4n) is 1.65. The van der Waals surface area contributed by atoms with Crippen molar-refractivity contribution >= 4 is 11.7 Å². The molecule has 0 aliphatic heterocycles. The standard InChI is InChI=1S/C12H13FN4O/c1-17(7-8-3-2-4-9(13)5-8)12(18)10-6-15-16-11(10)14/h2-6H,7H2,1H3,(H3,14,15,16). The second-order valence-electron chi connectivity index (χ2n) is 3.99. The van der Waals surface area contributed by atoms with E-state index in [2.05, 4.69) is 10.2 Å². The first-order chi connectivity index (χ1) is 8.58. The lowest BCUT2D eigenvalue weighted by molar-refractivity contribution is 0.0786. The molecule has 0 aliphatic carbocycles. The van der Waals surface area contributed by atoms with Crippen molar-refractivity contribution < 1.29 is 9.18 Å². The third-order valence-electron chi connectivity index (χ3n) is 2.55. The van der Waals surface area contributed by atoms with Crippen LogP contribution in [0.2, 0.25) is 0 Å². The Balaban J connectivity index is 2.11. The van der Waals surface area contributed by atoms with E-state index in [0.29, 0.717) is 17.7 Å². The van der Waals surface area contributed by atoms with Crippen molar-refractivity contribution in [1.29, 1.82) is 0 Å². The fraction of sp³-hybridized carbons (Fsp3) is 0.167. The quantitative estimate of drug-likeness (QED) is 0.862. The van der Waals surface area contributed by atoms with Gasteiger partial charge in [0.25, 0.3) is 5.91 Å². The monoisotopic (exact) mass is 248 g/mol. The molecule has 1 amide bonds. The molecule has 1 heterocycles. The summed E-state index contributed by atoms with van der Waals surface area (Å²) >= 11 is 0. The number of nitrogen functional groups attached to an aromatic ring is 1. The molecule has 0 unspecified atom stereocenters. The van der Waals surface area contributed by atoms with Crippen molar-refractivity contribution in [2.24, 2.45) is 0 Å². The van der Waals surface area contributed by atoms with Crippen LogP contribution in [0.1, 0.15) is 15.9 Å². The third-order valence-corrected chi connectivity index (χ3v) is 2.55. The normalized spacial score (nSPS) is 10.3. The summed E-state index contributed by atoms with van der Waals surface area (Å²) < 4.78 is 13.0. The van der Waals surface area contributed by atoms with Gasteiger partial charge in [-0.15, -0.1) is 0 Å². The molecule has 0 atom stereocenters. The van der Waals surface area contributed by atoms with Crippen LogP contribution in [0.15, 0.2) is 30.5 Å². The maximum atomic E-state index is 13.0. The number of nitrogens with one attached hydrogen (secondary N) is 1. The number of carbonyl (C=O) groups is 1. The number of anilines is 1. The van der Waals surface area contributed by atoms with Crippen molar-refractivity contribution in [1.82, 2.24) is 15.1 Å². The molecule has 3 N–H and O–H groups in total. The van der Waals surface area contributed by atoms with E-state index in [4.69, 9.17) is 5.73 Å². The largest absolute Gasteiger partial charge is 0.383 e. The highest BCUT2D eigenvalue weighted by Gasteiger charge is 2.16. The SMILES string of the molecule is CN(Cc1cccc(F)c1)C(=O)c1cn[nH]c1N. The summed E-state index contributed by atoms with van der Waals surface area (Å²) in [5.41, 5.74) is 6.60. The van der Waals surface area contributed by atoms with Crippen LogP contribution in [0.4, 0.5) is 10.2 Å². The van der Waals surface area contributed by atoms with E-state index in [0.717, 1.165) is 0 Å². The van der Waals surface area contributed by atoms with Gasteiger partial charge in [-0.25, -0.2) is 4.39 Å². The minimum atomic E-state index is -0.323. The molecule has 1 aromatic heterocycles. The summed E-state index contributed by atoms with van der Waals surface area (Å²) in [5, 5.41) is 6.19. The van der Waals surface area contributed by atoms with Gasteiger partial charge in [0, 0.05) is 13.6 Å². The Morgan fingerprint density at radius 3 is 2.94 bits per heavy atom. The van der Waals surface area contributed by atoms with Crippen LogP contribution in [-0.2, 0) is 6.54 Å². The van der Waals surface area contributed by atoms with E-state index in [1.807, 2.05) is 0 Å². The van der Waals surface area contributed by atoms with E-state index < -0.39 is 0 Å². The molecule has 2 aromatic rings. The second-order valence-corrected chi connectivity index (χ2v) is 3.99. The van der Waals surface area contributed by atoms with E-state index in [1.54, 1.807) is 19.2 Å². The Kier molecular flexibility index (Phi) is 3.27. The van der Waals surface area contributed by atoms with E-state index >= 15 is 0 Å². The first kappa shape index (κ1) is 12.1. The lowest BCUT2D eigenvalue weighted by Crippen LogP contribution is -2.26. The van der Waals surface area contributed by atoms with Gasteiger partial charge in [0.2, 0.25) is 0 Å².